The molecule has 0 radical (unpaired) electrons. The van der Waals surface area contributed by atoms with Gasteiger partial charge in [0.1, 0.15) is 5.75 Å². The Kier molecular flexibility index (Phi) is 7.63. The number of methoxy groups -OCH3 is 1. The Hall–Kier alpha value is -3.12. The van der Waals surface area contributed by atoms with E-state index in [0.717, 1.165) is 17.7 Å². The molecule has 0 saturated carbocycles. The molecule has 1 amide bonds. The van der Waals surface area contributed by atoms with Gasteiger partial charge in [-0.15, -0.1) is 11.3 Å². The summed E-state index contributed by atoms with van der Waals surface area (Å²) in [5, 5.41) is 2.03. The van der Waals surface area contributed by atoms with Gasteiger partial charge in [-0.3, -0.25) is 4.79 Å². The van der Waals surface area contributed by atoms with Crippen LogP contribution in [0.25, 0.3) is 0 Å². The van der Waals surface area contributed by atoms with Gasteiger partial charge in [0.25, 0.3) is 5.91 Å². The predicted molar refractivity (Wildman–Crippen MR) is 118 cm³/mol. The lowest BCUT2D eigenvalue weighted by atomic mass is 10.1. The number of rotatable bonds is 9. The molecule has 3 aromatic rings. The third kappa shape index (κ3) is 5.94. The normalized spacial score (nSPS) is 11.5. The molecule has 6 heteroatoms. The Balaban J connectivity index is 1.69. The minimum Gasteiger partial charge on any atom is -0.497 e. The first-order chi connectivity index (χ1) is 14.6. The van der Waals surface area contributed by atoms with E-state index in [9.17, 15) is 9.59 Å². The van der Waals surface area contributed by atoms with Crippen LogP contribution in [0.3, 0.4) is 0 Å². The van der Waals surface area contributed by atoms with Crippen LogP contribution in [0.2, 0.25) is 0 Å². The Bertz CT molecular complexity index is 939. The van der Waals surface area contributed by atoms with Gasteiger partial charge in [0.15, 0.2) is 6.61 Å². The van der Waals surface area contributed by atoms with Crippen molar-refractivity contribution in [3.8, 4) is 5.75 Å². The molecule has 0 bridgehead atoms. The molecular weight excluding hydrogens is 398 g/mol. The molecule has 0 aliphatic heterocycles. The fourth-order valence-corrected chi connectivity index (χ4v) is 3.94. The second kappa shape index (κ2) is 10.6. The van der Waals surface area contributed by atoms with Gasteiger partial charge >= 0.3 is 5.97 Å². The number of ether oxygens (including phenoxy) is 2. The van der Waals surface area contributed by atoms with E-state index < -0.39 is 5.97 Å². The summed E-state index contributed by atoms with van der Waals surface area (Å²) in [6, 6.07) is 20.3. The van der Waals surface area contributed by atoms with E-state index in [-0.39, 0.29) is 18.6 Å². The van der Waals surface area contributed by atoms with Gasteiger partial charge in [-0.2, -0.15) is 0 Å². The first kappa shape index (κ1) is 21.6. The second-order valence-electron chi connectivity index (χ2n) is 6.94. The molecule has 0 unspecified atom stereocenters. The third-order valence-electron chi connectivity index (χ3n) is 4.78. The monoisotopic (exact) mass is 423 g/mol. The Morgan fingerprint density at radius 1 is 1.00 bits per heavy atom. The quantitative estimate of drug-likeness (QED) is 0.473. The van der Waals surface area contributed by atoms with E-state index in [0.29, 0.717) is 12.1 Å². The van der Waals surface area contributed by atoms with Crippen LogP contribution < -0.4 is 4.74 Å². The average Bonchev–Trinajstić information content (AvgIpc) is 3.29. The van der Waals surface area contributed by atoms with Crippen LogP contribution >= 0.6 is 11.3 Å². The molecule has 2 aromatic carbocycles. The van der Waals surface area contributed by atoms with E-state index in [2.05, 4.69) is 6.07 Å². The highest BCUT2D eigenvalue weighted by molar-refractivity contribution is 7.09. The molecule has 3 rings (SSSR count). The molecular formula is C24H25NO4S. The van der Waals surface area contributed by atoms with E-state index in [1.54, 1.807) is 47.6 Å². The van der Waals surface area contributed by atoms with Crippen molar-refractivity contribution in [2.24, 2.45) is 0 Å². The maximum absolute atomic E-state index is 13.0. The van der Waals surface area contributed by atoms with Gasteiger partial charge < -0.3 is 14.4 Å². The maximum atomic E-state index is 13.0. The largest absolute Gasteiger partial charge is 0.497 e. The standard InChI is InChI=1S/C24H25NO4S/c1-18(15-22-9-6-14-30-22)25(16-19-10-12-21(28-2)13-11-19)23(26)17-29-24(27)20-7-4-3-5-8-20/h3-14,18H,15-17H2,1-2H3/t18-/m0/s1. The molecule has 0 aliphatic carbocycles. The van der Waals surface area contributed by atoms with Gasteiger partial charge in [-0.1, -0.05) is 36.4 Å². The summed E-state index contributed by atoms with van der Waals surface area (Å²) >= 11 is 1.67. The number of hydrogen-bond donors (Lipinski definition) is 0. The SMILES string of the molecule is COc1ccc(CN(C(=O)COC(=O)c2ccccc2)[C@@H](C)Cc2cccs2)cc1. The van der Waals surface area contributed by atoms with Crippen molar-refractivity contribution >= 4 is 23.2 Å². The fourth-order valence-electron chi connectivity index (χ4n) is 3.12. The smallest absolute Gasteiger partial charge is 0.338 e. The van der Waals surface area contributed by atoms with Crippen molar-refractivity contribution in [1.29, 1.82) is 0 Å². The number of thiophene rings is 1. The zero-order valence-corrected chi connectivity index (χ0v) is 17.9. The molecule has 0 saturated heterocycles. The van der Waals surface area contributed by atoms with Crippen LogP contribution in [0.5, 0.6) is 5.75 Å². The number of carbonyl (C=O) groups is 2. The van der Waals surface area contributed by atoms with Crippen molar-refractivity contribution in [3.05, 3.63) is 88.1 Å². The van der Waals surface area contributed by atoms with Gasteiger partial charge in [0.05, 0.1) is 12.7 Å². The maximum Gasteiger partial charge on any atom is 0.338 e. The lowest BCUT2D eigenvalue weighted by Crippen LogP contribution is -2.41. The number of benzene rings is 2. The highest BCUT2D eigenvalue weighted by Gasteiger charge is 2.23. The highest BCUT2D eigenvalue weighted by Crippen LogP contribution is 2.19. The zero-order valence-electron chi connectivity index (χ0n) is 17.1. The first-order valence-electron chi connectivity index (χ1n) is 9.73. The minimum absolute atomic E-state index is 0.0475. The zero-order chi connectivity index (χ0) is 21.3. The van der Waals surface area contributed by atoms with E-state index in [1.165, 1.54) is 4.88 Å². The Morgan fingerprint density at radius 3 is 2.37 bits per heavy atom. The van der Waals surface area contributed by atoms with Crippen LogP contribution in [0.4, 0.5) is 0 Å². The molecule has 156 valence electrons. The summed E-state index contributed by atoms with van der Waals surface area (Å²) in [5.74, 6) is 0.0402. The summed E-state index contributed by atoms with van der Waals surface area (Å²) in [4.78, 5) is 28.2. The van der Waals surface area contributed by atoms with E-state index in [4.69, 9.17) is 9.47 Å². The number of esters is 1. The molecule has 1 heterocycles. The molecule has 0 fully saturated rings. The Labute approximate surface area is 180 Å². The number of nitrogens with zero attached hydrogens (tertiary/aromatic N) is 1. The van der Waals surface area contributed by atoms with Gasteiger partial charge in [0.2, 0.25) is 0 Å². The summed E-state index contributed by atoms with van der Waals surface area (Å²) in [6.45, 7) is 2.15. The summed E-state index contributed by atoms with van der Waals surface area (Å²) in [6.07, 6.45) is 0.742. The molecule has 0 N–H and O–H groups in total. The number of amides is 1. The van der Waals surface area contributed by atoms with Crippen molar-refractivity contribution in [2.45, 2.75) is 25.9 Å². The van der Waals surface area contributed by atoms with Crippen molar-refractivity contribution in [3.63, 3.8) is 0 Å². The highest BCUT2D eigenvalue weighted by atomic mass is 32.1. The van der Waals surface area contributed by atoms with Crippen LogP contribution in [0, 0.1) is 0 Å². The summed E-state index contributed by atoms with van der Waals surface area (Å²) in [5.41, 5.74) is 1.41. The number of carbonyl (C=O) groups excluding carboxylic acids is 2. The van der Waals surface area contributed by atoms with Gasteiger partial charge in [-0.25, -0.2) is 4.79 Å². The van der Waals surface area contributed by atoms with E-state index in [1.807, 2.05) is 48.7 Å². The Morgan fingerprint density at radius 2 is 1.73 bits per heavy atom. The topological polar surface area (TPSA) is 55.8 Å². The summed E-state index contributed by atoms with van der Waals surface area (Å²) in [7, 11) is 1.62. The molecule has 5 nitrogen and oxygen atoms in total. The van der Waals surface area contributed by atoms with Crippen LogP contribution in [-0.2, 0) is 22.5 Å². The van der Waals surface area contributed by atoms with E-state index >= 15 is 0 Å². The number of hydrogen-bond acceptors (Lipinski definition) is 5. The van der Waals surface area contributed by atoms with Gasteiger partial charge in [-0.05, 0) is 48.2 Å². The minimum atomic E-state index is -0.501. The van der Waals surface area contributed by atoms with Crippen molar-refractivity contribution in [1.82, 2.24) is 4.90 Å². The van der Waals surface area contributed by atoms with Crippen LogP contribution in [0.1, 0.15) is 27.7 Å². The molecule has 0 spiro atoms. The van der Waals surface area contributed by atoms with Crippen LogP contribution in [-0.4, -0.2) is 36.5 Å². The fraction of sp³-hybridized carbons (Fsp3) is 0.250. The third-order valence-corrected chi connectivity index (χ3v) is 5.68. The van der Waals surface area contributed by atoms with Crippen molar-refractivity contribution in [2.75, 3.05) is 13.7 Å². The summed E-state index contributed by atoms with van der Waals surface area (Å²) < 4.78 is 10.5. The first-order valence-corrected chi connectivity index (χ1v) is 10.6. The average molecular weight is 424 g/mol. The second-order valence-corrected chi connectivity index (χ2v) is 7.98. The van der Waals surface area contributed by atoms with Crippen LogP contribution in [0.15, 0.2) is 72.1 Å². The lowest BCUT2D eigenvalue weighted by molar-refractivity contribution is -0.137. The van der Waals surface area contributed by atoms with Crippen molar-refractivity contribution < 1.29 is 19.1 Å². The lowest BCUT2D eigenvalue weighted by Gasteiger charge is -2.29. The molecule has 0 aliphatic rings. The molecule has 1 atom stereocenters. The predicted octanol–water partition coefficient (Wildman–Crippen LogP) is 4.57. The molecule has 1 aromatic heterocycles. The molecule has 30 heavy (non-hydrogen) atoms. The van der Waals surface area contributed by atoms with Gasteiger partial charge in [0, 0.05) is 23.9 Å².